The van der Waals surface area contributed by atoms with Gasteiger partial charge in [-0.25, -0.2) is 0 Å². The Balaban J connectivity index is 0.000000422. The van der Waals surface area contributed by atoms with E-state index in [4.69, 9.17) is 4.74 Å². The molecule has 1 aliphatic rings. The Morgan fingerprint density at radius 3 is 2.65 bits per heavy atom. The van der Waals surface area contributed by atoms with Crippen LogP contribution in [-0.2, 0) is 19.1 Å². The zero-order valence-corrected chi connectivity index (χ0v) is 15.0. The molecule has 23 heavy (non-hydrogen) atoms. The molecule has 1 fully saturated rings. The van der Waals surface area contributed by atoms with Crippen molar-refractivity contribution in [2.75, 3.05) is 13.7 Å². The smallest absolute Gasteiger partial charge is 0.249 e. The van der Waals surface area contributed by atoms with E-state index in [2.05, 4.69) is 43.6 Å². The van der Waals surface area contributed by atoms with Gasteiger partial charge in [0.25, 0.3) is 0 Å². The number of methoxy groups -OCH3 is 1. The summed E-state index contributed by atoms with van der Waals surface area (Å²) in [6, 6.07) is -0.537. The van der Waals surface area contributed by atoms with Crippen LogP contribution in [0.4, 0.5) is 0 Å². The Labute approximate surface area is 142 Å². The van der Waals surface area contributed by atoms with Crippen molar-refractivity contribution in [2.24, 2.45) is 0 Å². The van der Waals surface area contributed by atoms with Gasteiger partial charge in [-0.05, 0) is 31.6 Å². The Hall–Kier alpha value is -1.60. The Bertz CT molecular complexity index is 461. The van der Waals surface area contributed by atoms with Gasteiger partial charge in [-0.2, -0.15) is 0 Å². The number of nitrogens with one attached hydrogen (secondary N) is 2. The molecule has 1 unspecified atom stereocenters. The van der Waals surface area contributed by atoms with Gasteiger partial charge in [-0.3, -0.25) is 19.7 Å². The molecular formula is C16H26N2O4S. The predicted molar refractivity (Wildman–Crippen MR) is 92.6 cm³/mol. The molecule has 0 saturated carbocycles. The van der Waals surface area contributed by atoms with Gasteiger partial charge >= 0.3 is 0 Å². The van der Waals surface area contributed by atoms with E-state index in [0.717, 1.165) is 13.0 Å². The van der Waals surface area contributed by atoms with Crippen molar-refractivity contribution in [1.82, 2.24) is 10.6 Å². The highest BCUT2D eigenvalue weighted by molar-refractivity contribution is 8.06. The van der Waals surface area contributed by atoms with Crippen LogP contribution in [0.5, 0.6) is 0 Å². The van der Waals surface area contributed by atoms with E-state index in [1.807, 2.05) is 0 Å². The summed E-state index contributed by atoms with van der Waals surface area (Å²) in [5, 5.41) is 4.42. The van der Waals surface area contributed by atoms with E-state index in [1.165, 1.54) is 9.81 Å². The minimum absolute atomic E-state index is 0.279. The number of imide groups is 1. The van der Waals surface area contributed by atoms with Gasteiger partial charge in [-0.1, -0.05) is 30.8 Å². The van der Waals surface area contributed by atoms with Gasteiger partial charge in [0.1, 0.15) is 6.04 Å². The quantitative estimate of drug-likeness (QED) is 0.547. The Kier molecular flexibility index (Phi) is 12.0. The molecule has 2 N–H and O–H groups in total. The molecule has 1 aliphatic heterocycles. The second-order valence-electron chi connectivity index (χ2n) is 4.80. The minimum Gasteiger partial charge on any atom is -0.379 e. The van der Waals surface area contributed by atoms with Gasteiger partial charge in [0.05, 0.1) is 6.61 Å². The summed E-state index contributed by atoms with van der Waals surface area (Å²) < 4.78 is 5.09. The first-order valence-electron chi connectivity index (χ1n) is 7.50. The van der Waals surface area contributed by atoms with E-state index < -0.39 is 11.9 Å². The number of hydrogen-bond donors (Lipinski definition) is 2. The zero-order valence-electron chi connectivity index (χ0n) is 14.2. The SMILES string of the molecule is C/C=C(/C)S/C(=C/CC)COC.O=CNC1CCC(=O)NC1=O. The molecule has 0 aromatic carbocycles. The van der Waals surface area contributed by atoms with E-state index in [9.17, 15) is 14.4 Å². The van der Waals surface area contributed by atoms with E-state index in [1.54, 1.807) is 18.9 Å². The molecule has 0 aromatic rings. The fraction of sp³-hybridized carbons (Fsp3) is 0.562. The molecular weight excluding hydrogens is 316 g/mol. The van der Waals surface area contributed by atoms with Crippen LogP contribution in [0.2, 0.25) is 0 Å². The zero-order chi connectivity index (χ0) is 17.7. The van der Waals surface area contributed by atoms with Gasteiger partial charge in [0, 0.05) is 18.4 Å². The van der Waals surface area contributed by atoms with Crippen LogP contribution < -0.4 is 10.6 Å². The molecule has 0 spiro atoms. The van der Waals surface area contributed by atoms with Crippen molar-refractivity contribution >= 4 is 30.0 Å². The van der Waals surface area contributed by atoms with Crippen LogP contribution >= 0.6 is 11.8 Å². The number of piperidine rings is 1. The topological polar surface area (TPSA) is 84.5 Å². The van der Waals surface area contributed by atoms with E-state index in [-0.39, 0.29) is 12.3 Å². The van der Waals surface area contributed by atoms with Crippen LogP contribution in [-0.4, -0.2) is 38.0 Å². The highest BCUT2D eigenvalue weighted by Crippen LogP contribution is 2.24. The maximum atomic E-state index is 10.8. The number of carbonyl (C=O) groups excluding carboxylic acids is 3. The molecule has 0 radical (unpaired) electrons. The lowest BCUT2D eigenvalue weighted by molar-refractivity contribution is -0.135. The summed E-state index contributed by atoms with van der Waals surface area (Å²) in [4.78, 5) is 34.0. The summed E-state index contributed by atoms with van der Waals surface area (Å²) in [5.41, 5.74) is 0. The molecule has 0 aliphatic carbocycles. The Morgan fingerprint density at radius 2 is 2.17 bits per heavy atom. The van der Waals surface area contributed by atoms with Crippen molar-refractivity contribution in [3.8, 4) is 0 Å². The molecule has 130 valence electrons. The lowest BCUT2D eigenvalue weighted by Gasteiger charge is -2.19. The molecule has 0 aromatic heterocycles. The standard InChI is InChI=1S/C10H18OS.C6H8N2O3/c1-5-7-10(8-11-4)12-9(3)6-2;9-3-7-4-1-2-5(10)8-6(4)11/h6-7H,5,8H2,1-4H3;3-4H,1-2H2,(H,7,9)(H,8,10,11)/b9-6-,10-7+;. The molecule has 6 nitrogen and oxygen atoms in total. The third kappa shape index (κ3) is 9.91. The number of hydrogen-bond acceptors (Lipinski definition) is 5. The summed E-state index contributed by atoms with van der Waals surface area (Å²) in [5.74, 6) is -0.702. The number of carbonyl (C=O) groups is 3. The number of ether oxygens (including phenoxy) is 1. The second kappa shape index (κ2) is 12.9. The van der Waals surface area contributed by atoms with Crippen molar-refractivity contribution in [1.29, 1.82) is 0 Å². The third-order valence-electron chi connectivity index (χ3n) is 2.93. The van der Waals surface area contributed by atoms with Gasteiger partial charge in [0.15, 0.2) is 0 Å². The molecule has 1 atom stereocenters. The maximum absolute atomic E-state index is 10.8. The fourth-order valence-corrected chi connectivity index (χ4v) is 2.66. The molecule has 7 heteroatoms. The second-order valence-corrected chi connectivity index (χ2v) is 6.17. The van der Waals surface area contributed by atoms with Gasteiger partial charge < -0.3 is 10.1 Å². The normalized spacial score (nSPS) is 18.7. The molecule has 3 amide bonds. The summed E-state index contributed by atoms with van der Waals surface area (Å²) >= 11 is 1.79. The molecule has 1 heterocycles. The largest absolute Gasteiger partial charge is 0.379 e. The first-order chi connectivity index (χ1) is 11.0. The first kappa shape index (κ1) is 21.4. The summed E-state index contributed by atoms with van der Waals surface area (Å²) in [7, 11) is 1.73. The van der Waals surface area contributed by atoms with Crippen molar-refractivity contribution in [3.63, 3.8) is 0 Å². The number of thioether (sulfide) groups is 1. The molecule has 1 rings (SSSR count). The number of rotatable bonds is 7. The fourth-order valence-electron chi connectivity index (χ4n) is 1.70. The molecule has 1 saturated heterocycles. The highest BCUT2D eigenvalue weighted by atomic mass is 32.2. The van der Waals surface area contributed by atoms with E-state index in [0.29, 0.717) is 12.8 Å². The summed E-state index contributed by atoms with van der Waals surface area (Å²) in [6.07, 6.45) is 6.54. The monoisotopic (exact) mass is 342 g/mol. The van der Waals surface area contributed by atoms with E-state index >= 15 is 0 Å². The first-order valence-corrected chi connectivity index (χ1v) is 8.32. The lowest BCUT2D eigenvalue weighted by Crippen LogP contribution is -2.50. The van der Waals surface area contributed by atoms with Gasteiger partial charge in [-0.15, -0.1) is 0 Å². The van der Waals surface area contributed by atoms with Crippen LogP contribution in [0, 0.1) is 0 Å². The Morgan fingerprint density at radius 1 is 1.48 bits per heavy atom. The third-order valence-corrected chi connectivity index (χ3v) is 4.03. The average Bonchev–Trinajstić information content (AvgIpc) is 2.51. The van der Waals surface area contributed by atoms with Crippen molar-refractivity contribution in [2.45, 2.75) is 46.1 Å². The summed E-state index contributed by atoms with van der Waals surface area (Å²) in [6.45, 7) is 7.04. The maximum Gasteiger partial charge on any atom is 0.249 e. The average molecular weight is 342 g/mol. The minimum atomic E-state index is -0.537. The molecule has 0 bridgehead atoms. The number of amides is 3. The van der Waals surface area contributed by atoms with Crippen LogP contribution in [0.15, 0.2) is 22.0 Å². The predicted octanol–water partition coefficient (Wildman–Crippen LogP) is 2.12. The van der Waals surface area contributed by atoms with Crippen LogP contribution in [0.3, 0.4) is 0 Å². The van der Waals surface area contributed by atoms with Crippen molar-refractivity contribution < 1.29 is 19.1 Å². The highest BCUT2D eigenvalue weighted by Gasteiger charge is 2.25. The van der Waals surface area contributed by atoms with Crippen molar-refractivity contribution in [3.05, 3.63) is 22.0 Å². The van der Waals surface area contributed by atoms with Crippen LogP contribution in [0.25, 0.3) is 0 Å². The van der Waals surface area contributed by atoms with Gasteiger partial charge in [0.2, 0.25) is 18.2 Å². The lowest BCUT2D eigenvalue weighted by atomic mass is 10.1. The van der Waals surface area contributed by atoms with Crippen LogP contribution in [0.1, 0.15) is 40.0 Å². The number of allylic oxidation sites excluding steroid dienone is 3.